The zero-order chi connectivity index (χ0) is 12.1. The van der Waals surface area contributed by atoms with Crippen molar-refractivity contribution in [3.63, 3.8) is 0 Å². The van der Waals surface area contributed by atoms with Crippen LogP contribution in [0.2, 0.25) is 0 Å². The highest BCUT2D eigenvalue weighted by molar-refractivity contribution is 9.10. The van der Waals surface area contributed by atoms with E-state index < -0.39 is 0 Å². The van der Waals surface area contributed by atoms with Crippen molar-refractivity contribution < 1.29 is 4.79 Å². The van der Waals surface area contributed by atoms with Gasteiger partial charge in [0.05, 0.1) is 0 Å². The van der Waals surface area contributed by atoms with E-state index in [0.717, 1.165) is 27.6 Å². The van der Waals surface area contributed by atoms with Crippen molar-refractivity contribution >= 4 is 27.4 Å². The van der Waals surface area contributed by atoms with E-state index in [2.05, 4.69) is 15.9 Å². The van der Waals surface area contributed by atoms with Gasteiger partial charge in [0, 0.05) is 10.0 Å². The van der Waals surface area contributed by atoms with Gasteiger partial charge in [-0.3, -0.25) is 4.79 Å². The van der Waals surface area contributed by atoms with Crippen LogP contribution in [0.5, 0.6) is 0 Å². The Hall–Kier alpha value is -1.09. The lowest BCUT2D eigenvalue weighted by Crippen LogP contribution is -2.15. The number of amides is 1. The van der Waals surface area contributed by atoms with Gasteiger partial charge in [0.2, 0.25) is 5.91 Å². The van der Waals surface area contributed by atoms with Gasteiger partial charge in [0.25, 0.3) is 0 Å². The molecule has 2 nitrogen and oxygen atoms in total. The number of nitrogens with two attached hydrogens (primary N) is 1. The smallest absolute Gasteiger partial charge is 0.244 e. The summed E-state index contributed by atoms with van der Waals surface area (Å²) in [6.07, 6.45) is 1.49. The molecule has 1 aromatic carbocycles. The Kier molecular flexibility index (Phi) is 4.74. The van der Waals surface area contributed by atoms with Gasteiger partial charge in [-0.25, -0.2) is 0 Å². The molecule has 0 saturated carbocycles. The zero-order valence-corrected chi connectivity index (χ0v) is 11.2. The molecule has 1 rings (SSSR count). The molecule has 2 N–H and O–H groups in total. The maximum Gasteiger partial charge on any atom is 0.244 e. The molecule has 0 heterocycles. The van der Waals surface area contributed by atoms with Crippen LogP contribution in [0.15, 0.2) is 34.3 Å². The van der Waals surface area contributed by atoms with Crippen LogP contribution < -0.4 is 5.73 Å². The summed E-state index contributed by atoms with van der Waals surface area (Å²) in [7, 11) is 0. The molecule has 0 saturated heterocycles. The SMILES string of the molecule is CCC(C(N)=O)=C(CC)c1ccc(Br)cc1. The monoisotopic (exact) mass is 281 g/mol. The standard InChI is InChI=1S/C13H16BrNO/c1-3-11(12(4-2)13(15)16)9-5-7-10(14)8-6-9/h5-8H,3-4H2,1-2H3,(H2,15,16). The Labute approximate surface area is 105 Å². The Balaban J connectivity index is 3.24. The van der Waals surface area contributed by atoms with Crippen molar-refractivity contribution in [3.8, 4) is 0 Å². The van der Waals surface area contributed by atoms with E-state index in [0.29, 0.717) is 6.42 Å². The minimum Gasteiger partial charge on any atom is -0.366 e. The van der Waals surface area contributed by atoms with Crippen LogP contribution in [-0.4, -0.2) is 5.91 Å². The van der Waals surface area contributed by atoms with E-state index in [9.17, 15) is 4.79 Å². The molecule has 3 heteroatoms. The van der Waals surface area contributed by atoms with E-state index >= 15 is 0 Å². The summed E-state index contributed by atoms with van der Waals surface area (Å²) in [5.74, 6) is -0.317. The maximum atomic E-state index is 11.3. The molecule has 1 aromatic rings. The summed E-state index contributed by atoms with van der Waals surface area (Å²) in [5, 5.41) is 0. The van der Waals surface area contributed by atoms with Gasteiger partial charge in [0.15, 0.2) is 0 Å². The number of benzene rings is 1. The fourth-order valence-corrected chi connectivity index (χ4v) is 2.04. The van der Waals surface area contributed by atoms with Crippen molar-refractivity contribution in [2.24, 2.45) is 5.73 Å². The highest BCUT2D eigenvalue weighted by atomic mass is 79.9. The van der Waals surface area contributed by atoms with Crippen LogP contribution in [-0.2, 0) is 4.79 Å². The first kappa shape index (κ1) is 13.0. The van der Waals surface area contributed by atoms with Crippen LogP contribution in [0.1, 0.15) is 32.3 Å². The van der Waals surface area contributed by atoms with Crippen molar-refractivity contribution in [2.75, 3.05) is 0 Å². The quantitative estimate of drug-likeness (QED) is 0.844. The number of hydrogen-bond donors (Lipinski definition) is 1. The highest BCUT2D eigenvalue weighted by Gasteiger charge is 2.10. The highest BCUT2D eigenvalue weighted by Crippen LogP contribution is 2.25. The van der Waals surface area contributed by atoms with Gasteiger partial charge in [-0.05, 0) is 36.1 Å². The number of rotatable bonds is 4. The van der Waals surface area contributed by atoms with Gasteiger partial charge >= 0.3 is 0 Å². The van der Waals surface area contributed by atoms with Gasteiger partial charge in [-0.15, -0.1) is 0 Å². The van der Waals surface area contributed by atoms with E-state index in [1.807, 2.05) is 38.1 Å². The maximum absolute atomic E-state index is 11.3. The molecule has 0 unspecified atom stereocenters. The van der Waals surface area contributed by atoms with Crippen LogP contribution in [0.25, 0.3) is 5.57 Å². The van der Waals surface area contributed by atoms with Crippen LogP contribution >= 0.6 is 15.9 Å². The van der Waals surface area contributed by atoms with Crippen LogP contribution in [0.4, 0.5) is 0 Å². The average molecular weight is 282 g/mol. The van der Waals surface area contributed by atoms with Gasteiger partial charge in [-0.2, -0.15) is 0 Å². The third-order valence-electron chi connectivity index (χ3n) is 2.56. The lowest BCUT2D eigenvalue weighted by Gasteiger charge is -2.10. The third-order valence-corrected chi connectivity index (χ3v) is 3.09. The normalized spacial score (nSPS) is 12.2. The molecular weight excluding hydrogens is 266 g/mol. The van der Waals surface area contributed by atoms with Crippen molar-refractivity contribution in [3.05, 3.63) is 39.9 Å². The van der Waals surface area contributed by atoms with Gasteiger partial charge < -0.3 is 5.73 Å². The predicted molar refractivity (Wildman–Crippen MR) is 70.8 cm³/mol. The molecule has 16 heavy (non-hydrogen) atoms. The van der Waals surface area contributed by atoms with E-state index in [1.165, 1.54) is 0 Å². The Morgan fingerprint density at radius 3 is 2.12 bits per heavy atom. The van der Waals surface area contributed by atoms with Crippen molar-refractivity contribution in [1.29, 1.82) is 0 Å². The number of hydrogen-bond acceptors (Lipinski definition) is 1. The zero-order valence-electron chi connectivity index (χ0n) is 9.59. The molecular formula is C13H16BrNO. The van der Waals surface area contributed by atoms with Crippen molar-refractivity contribution in [2.45, 2.75) is 26.7 Å². The summed E-state index contributed by atoms with van der Waals surface area (Å²) in [6, 6.07) is 7.95. The number of primary amides is 1. The van der Waals surface area contributed by atoms with E-state index in [4.69, 9.17) is 5.73 Å². The van der Waals surface area contributed by atoms with E-state index in [-0.39, 0.29) is 5.91 Å². The first-order valence-electron chi connectivity index (χ1n) is 5.37. The molecule has 0 aromatic heterocycles. The predicted octanol–water partition coefficient (Wildman–Crippen LogP) is 3.51. The second kappa shape index (κ2) is 5.85. The van der Waals surface area contributed by atoms with Crippen LogP contribution in [0.3, 0.4) is 0 Å². The minimum absolute atomic E-state index is 0.317. The number of carbonyl (C=O) groups excluding carboxylic acids is 1. The summed E-state index contributed by atoms with van der Waals surface area (Å²) in [4.78, 5) is 11.3. The Bertz CT molecular complexity index is 406. The second-order valence-electron chi connectivity index (χ2n) is 3.54. The lowest BCUT2D eigenvalue weighted by molar-refractivity contribution is -0.114. The average Bonchev–Trinajstić information content (AvgIpc) is 2.26. The number of halogens is 1. The second-order valence-corrected chi connectivity index (χ2v) is 4.45. The summed E-state index contributed by atoms with van der Waals surface area (Å²) >= 11 is 3.39. The lowest BCUT2D eigenvalue weighted by atomic mass is 9.96. The Morgan fingerprint density at radius 2 is 1.75 bits per heavy atom. The molecule has 0 radical (unpaired) electrons. The first-order valence-corrected chi connectivity index (χ1v) is 6.17. The summed E-state index contributed by atoms with van der Waals surface area (Å²) in [6.45, 7) is 3.99. The summed E-state index contributed by atoms with van der Waals surface area (Å²) < 4.78 is 1.03. The number of carbonyl (C=O) groups is 1. The molecule has 0 aliphatic carbocycles. The fraction of sp³-hybridized carbons (Fsp3) is 0.308. The topological polar surface area (TPSA) is 43.1 Å². The van der Waals surface area contributed by atoms with Crippen LogP contribution in [0, 0.1) is 0 Å². The van der Waals surface area contributed by atoms with E-state index in [1.54, 1.807) is 0 Å². The largest absolute Gasteiger partial charge is 0.366 e. The molecule has 0 bridgehead atoms. The van der Waals surface area contributed by atoms with Crippen molar-refractivity contribution in [1.82, 2.24) is 0 Å². The minimum atomic E-state index is -0.317. The molecule has 0 aliphatic heterocycles. The molecule has 1 amide bonds. The third kappa shape index (κ3) is 2.95. The molecule has 86 valence electrons. The number of allylic oxidation sites excluding steroid dienone is 1. The molecule has 0 atom stereocenters. The Morgan fingerprint density at radius 1 is 1.19 bits per heavy atom. The molecule has 0 aliphatic rings. The van der Waals surface area contributed by atoms with Gasteiger partial charge in [-0.1, -0.05) is 41.9 Å². The van der Waals surface area contributed by atoms with Gasteiger partial charge in [0.1, 0.15) is 0 Å². The molecule has 0 spiro atoms. The summed E-state index contributed by atoms with van der Waals surface area (Å²) in [5.41, 5.74) is 8.23. The molecule has 0 fully saturated rings. The fourth-order valence-electron chi connectivity index (χ4n) is 1.78. The first-order chi connectivity index (χ1) is 7.60.